The lowest BCUT2D eigenvalue weighted by Crippen LogP contribution is -2.31. The average molecular weight is 347 g/mol. The summed E-state index contributed by atoms with van der Waals surface area (Å²) in [4.78, 5) is 12.0. The Hall–Kier alpha value is -2.20. The Labute approximate surface area is 148 Å². The molecule has 0 radical (unpaired) electrons. The van der Waals surface area contributed by atoms with Crippen molar-refractivity contribution in [1.29, 1.82) is 0 Å². The van der Waals surface area contributed by atoms with Gasteiger partial charge in [0.15, 0.2) is 0 Å². The molecule has 0 saturated carbocycles. The van der Waals surface area contributed by atoms with Crippen molar-refractivity contribution in [2.45, 2.75) is 20.3 Å². The molecule has 128 valence electrons. The zero-order chi connectivity index (χ0) is 17.5. The molecule has 0 spiro atoms. The number of rotatable bonds is 7. The van der Waals surface area contributed by atoms with Crippen LogP contribution in [0.1, 0.15) is 16.7 Å². The Morgan fingerprint density at radius 1 is 1.21 bits per heavy atom. The van der Waals surface area contributed by atoms with Gasteiger partial charge in [0.25, 0.3) is 0 Å². The number of carbonyl (C=O) groups is 1. The van der Waals surface area contributed by atoms with Gasteiger partial charge in [0, 0.05) is 6.54 Å². The maximum Gasteiger partial charge on any atom is 0.239 e. The summed E-state index contributed by atoms with van der Waals surface area (Å²) in [5.74, 6) is 0.763. The van der Waals surface area contributed by atoms with E-state index in [2.05, 4.69) is 10.6 Å². The van der Waals surface area contributed by atoms with Crippen molar-refractivity contribution >= 4 is 23.2 Å². The first-order chi connectivity index (χ1) is 11.5. The van der Waals surface area contributed by atoms with Gasteiger partial charge in [-0.2, -0.15) is 0 Å². The molecule has 0 heterocycles. The molecule has 2 rings (SSSR count). The van der Waals surface area contributed by atoms with Gasteiger partial charge in [-0.3, -0.25) is 4.79 Å². The zero-order valence-electron chi connectivity index (χ0n) is 14.3. The van der Waals surface area contributed by atoms with Crippen molar-refractivity contribution in [2.75, 3.05) is 25.5 Å². The van der Waals surface area contributed by atoms with Gasteiger partial charge in [-0.15, -0.1) is 0 Å². The highest BCUT2D eigenvalue weighted by atomic mass is 35.5. The van der Waals surface area contributed by atoms with Crippen LogP contribution in [0.3, 0.4) is 0 Å². The summed E-state index contributed by atoms with van der Waals surface area (Å²) in [6, 6.07) is 11.8. The summed E-state index contributed by atoms with van der Waals surface area (Å²) >= 11 is 6.23. The number of aryl methyl sites for hydroxylation is 2. The molecule has 0 aliphatic rings. The lowest BCUT2D eigenvalue weighted by atomic mass is 10.1. The van der Waals surface area contributed by atoms with Crippen LogP contribution in [-0.4, -0.2) is 26.1 Å². The molecule has 4 nitrogen and oxygen atoms in total. The topological polar surface area (TPSA) is 50.4 Å². The summed E-state index contributed by atoms with van der Waals surface area (Å²) in [7, 11) is 1.64. The molecule has 0 atom stereocenters. The number of anilines is 1. The Balaban J connectivity index is 1.79. The fourth-order valence-corrected chi connectivity index (χ4v) is 2.93. The quantitative estimate of drug-likeness (QED) is 0.803. The number of ether oxygens (including phenoxy) is 1. The minimum absolute atomic E-state index is 0.0612. The lowest BCUT2D eigenvalue weighted by Gasteiger charge is -2.13. The first-order valence-electron chi connectivity index (χ1n) is 7.90. The summed E-state index contributed by atoms with van der Waals surface area (Å²) in [5, 5.41) is 6.65. The lowest BCUT2D eigenvalue weighted by molar-refractivity contribution is -0.119. The monoisotopic (exact) mass is 346 g/mol. The van der Waals surface area contributed by atoms with Gasteiger partial charge in [0.1, 0.15) is 5.75 Å². The van der Waals surface area contributed by atoms with Gasteiger partial charge in [-0.25, -0.2) is 0 Å². The van der Waals surface area contributed by atoms with Gasteiger partial charge < -0.3 is 15.4 Å². The van der Waals surface area contributed by atoms with E-state index in [0.29, 0.717) is 11.6 Å². The van der Waals surface area contributed by atoms with Crippen LogP contribution in [0.5, 0.6) is 5.75 Å². The van der Waals surface area contributed by atoms with E-state index in [0.717, 1.165) is 34.5 Å². The van der Waals surface area contributed by atoms with E-state index in [1.165, 1.54) is 0 Å². The fraction of sp³-hybridized carbons (Fsp3) is 0.316. The van der Waals surface area contributed by atoms with Gasteiger partial charge in [-0.05, 0) is 55.2 Å². The molecule has 0 aliphatic carbocycles. The van der Waals surface area contributed by atoms with E-state index >= 15 is 0 Å². The van der Waals surface area contributed by atoms with Crippen molar-refractivity contribution in [3.05, 3.63) is 58.1 Å². The summed E-state index contributed by atoms with van der Waals surface area (Å²) in [6.45, 7) is 4.74. The molecule has 1 amide bonds. The molecule has 2 aromatic rings. The van der Waals surface area contributed by atoms with Gasteiger partial charge in [0.05, 0.1) is 24.4 Å². The first-order valence-corrected chi connectivity index (χ1v) is 8.27. The summed E-state index contributed by atoms with van der Waals surface area (Å²) in [6.07, 6.45) is 0.757. The minimum atomic E-state index is -0.0612. The van der Waals surface area contributed by atoms with Crippen LogP contribution < -0.4 is 15.4 Å². The Bertz CT molecular complexity index is 693. The summed E-state index contributed by atoms with van der Waals surface area (Å²) < 4.78 is 5.19. The van der Waals surface area contributed by atoms with Crippen LogP contribution in [0.15, 0.2) is 36.4 Å². The predicted molar refractivity (Wildman–Crippen MR) is 99.1 cm³/mol. The molecule has 2 N–H and O–H groups in total. The van der Waals surface area contributed by atoms with Crippen LogP contribution in [0.2, 0.25) is 5.02 Å². The third-order valence-electron chi connectivity index (χ3n) is 3.73. The van der Waals surface area contributed by atoms with E-state index in [4.69, 9.17) is 16.3 Å². The predicted octanol–water partition coefficient (Wildman–Crippen LogP) is 3.74. The Kier molecular flexibility index (Phi) is 6.50. The van der Waals surface area contributed by atoms with Crippen molar-refractivity contribution in [2.24, 2.45) is 0 Å². The van der Waals surface area contributed by atoms with Crippen LogP contribution in [-0.2, 0) is 11.2 Å². The second-order valence-corrected chi connectivity index (χ2v) is 6.15. The van der Waals surface area contributed by atoms with Crippen LogP contribution in [0, 0.1) is 13.8 Å². The van der Waals surface area contributed by atoms with E-state index in [-0.39, 0.29) is 12.5 Å². The number of benzene rings is 2. The first kappa shape index (κ1) is 18.1. The number of halogens is 1. The highest BCUT2D eigenvalue weighted by Crippen LogP contribution is 2.26. The standard InChI is InChI=1S/C19H23ClN2O2/c1-13-9-14(2)19(17(20)10-13)22-12-18(23)21-8-7-15-5-4-6-16(11-15)24-3/h4-6,9-11,22H,7-8,12H2,1-3H3,(H,21,23). The molecule has 5 heteroatoms. The van der Waals surface area contributed by atoms with Crippen molar-refractivity contribution in [1.82, 2.24) is 5.32 Å². The molecule has 0 bridgehead atoms. The maximum absolute atomic E-state index is 12.0. The molecule has 24 heavy (non-hydrogen) atoms. The van der Waals surface area contributed by atoms with Gasteiger partial charge in [-0.1, -0.05) is 29.8 Å². The molecule has 0 saturated heterocycles. The molecule has 0 aliphatic heterocycles. The number of methoxy groups -OCH3 is 1. The third-order valence-corrected chi connectivity index (χ3v) is 4.03. The van der Waals surface area contributed by atoms with Gasteiger partial charge in [0.2, 0.25) is 5.91 Å². The zero-order valence-corrected chi connectivity index (χ0v) is 15.0. The van der Waals surface area contributed by atoms with Crippen molar-refractivity contribution < 1.29 is 9.53 Å². The Morgan fingerprint density at radius 2 is 2.00 bits per heavy atom. The second kappa shape index (κ2) is 8.60. The Morgan fingerprint density at radius 3 is 2.71 bits per heavy atom. The number of hydrogen-bond acceptors (Lipinski definition) is 3. The molecular weight excluding hydrogens is 324 g/mol. The summed E-state index contributed by atoms with van der Waals surface area (Å²) in [5.41, 5.74) is 4.07. The van der Waals surface area contributed by atoms with Crippen molar-refractivity contribution in [3.8, 4) is 5.75 Å². The molecule has 0 aromatic heterocycles. The minimum Gasteiger partial charge on any atom is -0.497 e. The normalized spacial score (nSPS) is 10.3. The van der Waals surface area contributed by atoms with E-state index in [1.807, 2.05) is 50.2 Å². The SMILES string of the molecule is COc1cccc(CCNC(=O)CNc2c(C)cc(C)cc2Cl)c1. The van der Waals surface area contributed by atoms with E-state index < -0.39 is 0 Å². The fourth-order valence-electron chi connectivity index (χ4n) is 2.55. The van der Waals surface area contributed by atoms with E-state index in [9.17, 15) is 4.79 Å². The van der Waals surface area contributed by atoms with Gasteiger partial charge >= 0.3 is 0 Å². The second-order valence-electron chi connectivity index (χ2n) is 5.74. The molecular formula is C19H23ClN2O2. The van der Waals surface area contributed by atoms with Crippen molar-refractivity contribution in [3.63, 3.8) is 0 Å². The van der Waals surface area contributed by atoms with Crippen LogP contribution in [0.25, 0.3) is 0 Å². The molecule has 2 aromatic carbocycles. The smallest absolute Gasteiger partial charge is 0.239 e. The number of hydrogen-bond donors (Lipinski definition) is 2. The average Bonchev–Trinajstić information content (AvgIpc) is 2.54. The number of nitrogens with one attached hydrogen (secondary N) is 2. The number of amides is 1. The largest absolute Gasteiger partial charge is 0.497 e. The van der Waals surface area contributed by atoms with Crippen LogP contribution >= 0.6 is 11.6 Å². The number of carbonyl (C=O) groups excluding carboxylic acids is 1. The highest BCUT2D eigenvalue weighted by molar-refractivity contribution is 6.33. The maximum atomic E-state index is 12.0. The van der Waals surface area contributed by atoms with E-state index in [1.54, 1.807) is 7.11 Å². The van der Waals surface area contributed by atoms with Crippen LogP contribution in [0.4, 0.5) is 5.69 Å². The highest BCUT2D eigenvalue weighted by Gasteiger charge is 2.07. The molecule has 0 fully saturated rings. The molecule has 0 unspecified atom stereocenters. The third kappa shape index (κ3) is 5.17.